The lowest BCUT2D eigenvalue weighted by Gasteiger charge is -2.10. The third-order valence-corrected chi connectivity index (χ3v) is 4.30. The van der Waals surface area contributed by atoms with E-state index in [9.17, 15) is 15.2 Å². The number of nitrogens with one attached hydrogen (secondary N) is 2. The number of H-pyrrole nitrogens is 1. The fourth-order valence-electron chi connectivity index (χ4n) is 2.78. The number of hydrogen-bond donors (Lipinski definition) is 2. The van der Waals surface area contributed by atoms with Crippen LogP contribution in [0.3, 0.4) is 0 Å². The molecule has 140 valence electrons. The highest BCUT2D eigenvalue weighted by atomic mass is 35.5. The van der Waals surface area contributed by atoms with Crippen molar-refractivity contribution in [3.05, 3.63) is 56.6 Å². The molecule has 0 spiro atoms. The topological polar surface area (TPSA) is 145 Å². The van der Waals surface area contributed by atoms with Gasteiger partial charge in [-0.15, -0.1) is 10.2 Å². The molecule has 11 heteroatoms. The molecule has 28 heavy (non-hydrogen) atoms. The summed E-state index contributed by atoms with van der Waals surface area (Å²) in [6.07, 6.45) is 1.12. The van der Waals surface area contributed by atoms with Gasteiger partial charge in [0.05, 0.1) is 16.7 Å². The van der Waals surface area contributed by atoms with Crippen molar-refractivity contribution < 1.29 is 10.0 Å². The number of nitro benzene ring substituents is 1. The third-order valence-electron chi connectivity index (χ3n) is 4.09. The number of fused-ring (bicyclic) bond motifs is 3. The van der Waals surface area contributed by atoms with Crippen molar-refractivity contribution in [1.29, 1.82) is 0 Å². The van der Waals surface area contributed by atoms with Crippen LogP contribution in [0.25, 0.3) is 22.1 Å². The first-order valence-electron chi connectivity index (χ1n) is 8.00. The number of halogens is 1. The van der Waals surface area contributed by atoms with Gasteiger partial charge < -0.3 is 10.1 Å². The van der Waals surface area contributed by atoms with Gasteiger partial charge in [0.2, 0.25) is 0 Å². The minimum Gasteiger partial charge on any atom is -0.867 e. The minimum atomic E-state index is -0.794. The molecule has 0 saturated carbocycles. The van der Waals surface area contributed by atoms with Crippen molar-refractivity contribution in [1.82, 2.24) is 20.2 Å². The van der Waals surface area contributed by atoms with Gasteiger partial charge in [-0.1, -0.05) is 29.8 Å². The summed E-state index contributed by atoms with van der Waals surface area (Å²) in [5.74, 6) is -0.697. The van der Waals surface area contributed by atoms with Crippen LogP contribution >= 0.6 is 11.6 Å². The highest BCUT2D eigenvalue weighted by Crippen LogP contribution is 2.30. The highest BCUT2D eigenvalue weighted by Gasteiger charge is 2.12. The fraction of sp³-hybridized carbons (Fsp3) is 0.0588. The highest BCUT2D eigenvalue weighted by molar-refractivity contribution is 6.31. The Morgan fingerprint density at radius 1 is 1.32 bits per heavy atom. The molecule has 0 unspecified atom stereocenters. The van der Waals surface area contributed by atoms with Gasteiger partial charge in [0.15, 0.2) is 5.65 Å². The molecule has 0 atom stereocenters. The lowest BCUT2D eigenvalue weighted by atomic mass is 10.1. The van der Waals surface area contributed by atoms with E-state index in [4.69, 9.17) is 11.6 Å². The van der Waals surface area contributed by atoms with Crippen LogP contribution in [0.4, 0.5) is 11.6 Å². The molecule has 10 nitrogen and oxygen atoms in total. The summed E-state index contributed by atoms with van der Waals surface area (Å²) in [4.78, 5) is 17.6. The van der Waals surface area contributed by atoms with Gasteiger partial charge in [-0.2, -0.15) is 10.1 Å². The molecule has 2 aromatic carbocycles. The van der Waals surface area contributed by atoms with Crippen LogP contribution in [0.5, 0.6) is 5.75 Å². The number of hydrazone groups is 1. The number of anilines is 1. The molecular formula is C17H11ClN7O3-. The minimum absolute atomic E-state index is 0.0398. The van der Waals surface area contributed by atoms with E-state index in [1.165, 1.54) is 6.07 Å². The average Bonchev–Trinajstić information content (AvgIpc) is 3.03. The van der Waals surface area contributed by atoms with E-state index in [0.29, 0.717) is 11.2 Å². The Kier molecular flexibility index (Phi) is 4.24. The van der Waals surface area contributed by atoms with Crippen LogP contribution in [-0.2, 0) is 0 Å². The number of aromatic amines is 1. The Hall–Kier alpha value is -3.79. The van der Waals surface area contributed by atoms with Gasteiger partial charge in [0, 0.05) is 16.5 Å². The number of para-hydroxylation sites is 1. The van der Waals surface area contributed by atoms with Crippen molar-refractivity contribution in [3.8, 4) is 5.75 Å². The zero-order valence-corrected chi connectivity index (χ0v) is 15.1. The number of nitro groups is 1. The first-order chi connectivity index (χ1) is 13.4. The molecule has 0 fully saturated rings. The maximum atomic E-state index is 12.0. The van der Waals surface area contributed by atoms with Crippen molar-refractivity contribution >= 4 is 51.5 Å². The summed E-state index contributed by atoms with van der Waals surface area (Å²) >= 11 is 5.81. The van der Waals surface area contributed by atoms with Crippen LogP contribution in [0.1, 0.15) is 11.1 Å². The van der Waals surface area contributed by atoms with E-state index < -0.39 is 16.4 Å². The summed E-state index contributed by atoms with van der Waals surface area (Å²) in [5, 5.41) is 35.9. The Labute approximate surface area is 162 Å². The molecule has 4 rings (SSSR count). The second kappa shape index (κ2) is 6.74. The summed E-state index contributed by atoms with van der Waals surface area (Å²) in [5.41, 5.74) is 5.01. The van der Waals surface area contributed by atoms with E-state index in [1.54, 1.807) is 0 Å². The summed E-state index contributed by atoms with van der Waals surface area (Å²) in [7, 11) is 0. The molecule has 0 bridgehead atoms. The summed E-state index contributed by atoms with van der Waals surface area (Å²) < 4.78 is 0. The number of benzene rings is 2. The zero-order valence-electron chi connectivity index (χ0n) is 14.3. The maximum Gasteiger partial charge on any atom is 0.265 e. The van der Waals surface area contributed by atoms with Crippen LogP contribution in [0.15, 0.2) is 35.4 Å². The van der Waals surface area contributed by atoms with E-state index in [2.05, 4.69) is 30.7 Å². The summed E-state index contributed by atoms with van der Waals surface area (Å²) in [6.45, 7) is 1.97. The van der Waals surface area contributed by atoms with Crippen LogP contribution in [0, 0.1) is 17.0 Å². The quantitative estimate of drug-likeness (QED) is 0.306. The van der Waals surface area contributed by atoms with E-state index >= 15 is 0 Å². The van der Waals surface area contributed by atoms with Crippen molar-refractivity contribution in [2.45, 2.75) is 6.92 Å². The van der Waals surface area contributed by atoms with E-state index in [1.807, 2.05) is 25.1 Å². The average molecular weight is 397 g/mol. The SMILES string of the molecule is Cc1cccc2c1[nH]c1nc(N/N=C\c3cc(Cl)cc([N+](=O)[O-])c3[O-])nnc12. The first kappa shape index (κ1) is 17.6. The van der Waals surface area contributed by atoms with Crippen LogP contribution in [-0.4, -0.2) is 31.3 Å². The van der Waals surface area contributed by atoms with E-state index in [0.717, 1.165) is 28.7 Å². The van der Waals surface area contributed by atoms with Gasteiger partial charge in [0.1, 0.15) is 5.52 Å². The van der Waals surface area contributed by atoms with Crippen molar-refractivity contribution in [3.63, 3.8) is 0 Å². The first-order valence-corrected chi connectivity index (χ1v) is 8.37. The molecule has 2 aromatic heterocycles. The van der Waals surface area contributed by atoms with Gasteiger partial charge in [0.25, 0.3) is 11.6 Å². The molecule has 2 N–H and O–H groups in total. The molecule has 0 aliphatic rings. The standard InChI is InChI=1S/C17H12ClN7O3/c1-8-3-2-4-11-13(8)20-16-14(11)22-24-17(21-16)23-19-7-9-5-10(18)6-12(15(9)26)25(27)28/h2-7,26H,1H3,(H2,20,21,23,24)/p-1/b19-7-. The largest absolute Gasteiger partial charge is 0.867 e. The number of rotatable bonds is 4. The molecular weight excluding hydrogens is 386 g/mol. The summed E-state index contributed by atoms with van der Waals surface area (Å²) in [6, 6.07) is 8.09. The van der Waals surface area contributed by atoms with Gasteiger partial charge in [-0.25, -0.2) is 5.43 Å². The predicted molar refractivity (Wildman–Crippen MR) is 103 cm³/mol. The Bertz CT molecular complexity index is 1270. The molecule has 4 aromatic rings. The zero-order chi connectivity index (χ0) is 19.8. The Balaban J connectivity index is 1.63. The Morgan fingerprint density at radius 3 is 2.93 bits per heavy atom. The number of aromatic nitrogens is 4. The van der Waals surface area contributed by atoms with Gasteiger partial charge in [-0.3, -0.25) is 10.1 Å². The number of aryl methyl sites for hydroxylation is 1. The third kappa shape index (κ3) is 3.05. The van der Waals surface area contributed by atoms with Crippen molar-refractivity contribution in [2.24, 2.45) is 5.10 Å². The number of nitrogens with zero attached hydrogens (tertiary/aromatic N) is 5. The van der Waals surface area contributed by atoms with Gasteiger partial charge >= 0.3 is 0 Å². The van der Waals surface area contributed by atoms with Gasteiger partial charge in [-0.05, 0) is 29.9 Å². The Morgan fingerprint density at radius 2 is 2.14 bits per heavy atom. The fourth-order valence-corrected chi connectivity index (χ4v) is 3.00. The molecule has 0 radical (unpaired) electrons. The molecule has 0 aliphatic carbocycles. The molecule has 0 amide bonds. The molecule has 2 heterocycles. The second-order valence-corrected chi connectivity index (χ2v) is 6.36. The smallest absolute Gasteiger partial charge is 0.265 e. The van der Waals surface area contributed by atoms with Crippen molar-refractivity contribution in [2.75, 3.05) is 5.43 Å². The maximum absolute atomic E-state index is 12.0. The van der Waals surface area contributed by atoms with Crippen LogP contribution < -0.4 is 10.5 Å². The monoisotopic (exact) mass is 396 g/mol. The lowest BCUT2D eigenvalue weighted by molar-refractivity contribution is -0.398. The number of hydrogen-bond acceptors (Lipinski definition) is 8. The van der Waals surface area contributed by atoms with Crippen LogP contribution in [0.2, 0.25) is 5.02 Å². The van der Waals surface area contributed by atoms with E-state index in [-0.39, 0.29) is 16.5 Å². The molecule has 0 aliphatic heterocycles. The normalized spacial score (nSPS) is 11.5. The lowest BCUT2D eigenvalue weighted by Crippen LogP contribution is -2.03. The predicted octanol–water partition coefficient (Wildman–Crippen LogP) is 2.90. The molecule has 0 saturated heterocycles. The second-order valence-electron chi connectivity index (χ2n) is 5.93.